The zero-order valence-electron chi connectivity index (χ0n) is 13.1. The first-order valence-electron chi connectivity index (χ1n) is 7.08. The smallest absolute Gasteiger partial charge is 0.377 e. The predicted molar refractivity (Wildman–Crippen MR) is 89.9 cm³/mol. The second kappa shape index (κ2) is 6.84. The summed E-state index contributed by atoms with van der Waals surface area (Å²) < 4.78 is 19.4. The fourth-order valence-corrected chi connectivity index (χ4v) is 2.59. The molecular weight excluding hydrogens is 329 g/mol. The average molecular weight is 343 g/mol. The lowest BCUT2D eigenvalue weighted by Gasteiger charge is -2.06. The highest BCUT2D eigenvalue weighted by Gasteiger charge is 2.19. The van der Waals surface area contributed by atoms with Crippen LogP contribution >= 0.6 is 11.8 Å². The van der Waals surface area contributed by atoms with Crippen molar-refractivity contribution in [3.05, 3.63) is 60.2 Å². The van der Waals surface area contributed by atoms with Crippen LogP contribution in [0.5, 0.6) is 0 Å². The number of hydrogen-bond acceptors (Lipinski definition) is 5. The number of thioether (sulfide) groups is 1. The fraction of sp³-hybridized carbons (Fsp3) is 0.118. The van der Waals surface area contributed by atoms with E-state index in [0.29, 0.717) is 11.5 Å². The number of methoxy groups -OCH3 is 1. The normalized spacial score (nSPS) is 10.6. The van der Waals surface area contributed by atoms with Crippen molar-refractivity contribution in [2.75, 3.05) is 13.4 Å². The maximum Gasteiger partial charge on any atom is 0.377 e. The second-order valence-electron chi connectivity index (χ2n) is 4.87. The third-order valence-electron chi connectivity index (χ3n) is 3.39. The van der Waals surface area contributed by atoms with Gasteiger partial charge in [0, 0.05) is 10.5 Å². The van der Waals surface area contributed by atoms with Gasteiger partial charge in [-0.25, -0.2) is 18.9 Å². The Morgan fingerprint density at radius 1 is 1.12 bits per heavy atom. The molecule has 122 valence electrons. The summed E-state index contributed by atoms with van der Waals surface area (Å²) in [4.78, 5) is 17.2. The molecule has 3 aromatic rings. The number of hydrogen-bond donors (Lipinski definition) is 0. The van der Waals surface area contributed by atoms with E-state index in [9.17, 15) is 9.18 Å². The lowest BCUT2D eigenvalue weighted by molar-refractivity contribution is 0.0587. The summed E-state index contributed by atoms with van der Waals surface area (Å²) in [6.07, 6.45) is 1.99. The summed E-state index contributed by atoms with van der Waals surface area (Å²) in [5.41, 5.74) is 1.39. The minimum absolute atomic E-state index is 0.0502. The summed E-state index contributed by atoms with van der Waals surface area (Å²) in [5, 5.41) is 4.20. The third kappa shape index (κ3) is 3.16. The van der Waals surface area contributed by atoms with Crippen molar-refractivity contribution in [2.45, 2.75) is 4.90 Å². The molecule has 0 aliphatic heterocycles. The number of carbonyl (C=O) groups excluding carboxylic acids is 1. The van der Waals surface area contributed by atoms with Crippen molar-refractivity contribution in [1.29, 1.82) is 0 Å². The van der Waals surface area contributed by atoms with Gasteiger partial charge in [-0.2, -0.15) is 0 Å². The molecule has 0 aliphatic rings. The van der Waals surface area contributed by atoms with Gasteiger partial charge < -0.3 is 4.74 Å². The zero-order valence-corrected chi connectivity index (χ0v) is 13.9. The van der Waals surface area contributed by atoms with E-state index in [1.807, 2.05) is 30.5 Å². The van der Waals surface area contributed by atoms with Crippen LogP contribution in [0.15, 0.2) is 53.4 Å². The third-order valence-corrected chi connectivity index (χ3v) is 4.14. The molecule has 0 aliphatic carbocycles. The Morgan fingerprint density at radius 2 is 1.79 bits per heavy atom. The molecule has 24 heavy (non-hydrogen) atoms. The zero-order chi connectivity index (χ0) is 17.1. The van der Waals surface area contributed by atoms with Gasteiger partial charge in [-0.15, -0.1) is 16.9 Å². The van der Waals surface area contributed by atoms with Gasteiger partial charge in [0.1, 0.15) is 5.82 Å². The minimum atomic E-state index is -0.627. The number of benzene rings is 2. The van der Waals surface area contributed by atoms with Crippen LogP contribution in [0.4, 0.5) is 4.39 Å². The van der Waals surface area contributed by atoms with E-state index in [4.69, 9.17) is 4.74 Å². The summed E-state index contributed by atoms with van der Waals surface area (Å²) in [7, 11) is 1.27. The lowest BCUT2D eigenvalue weighted by atomic mass is 10.2. The molecule has 0 saturated heterocycles. The van der Waals surface area contributed by atoms with Gasteiger partial charge in [0.2, 0.25) is 0 Å². The largest absolute Gasteiger partial charge is 0.463 e. The van der Waals surface area contributed by atoms with E-state index in [1.54, 1.807) is 23.9 Å². The Balaban J connectivity index is 2.13. The number of carbonyl (C=O) groups is 1. The Bertz CT molecular complexity index is 861. The van der Waals surface area contributed by atoms with E-state index in [-0.39, 0.29) is 11.6 Å². The molecule has 1 aromatic heterocycles. The summed E-state index contributed by atoms with van der Waals surface area (Å²) in [5.74, 6) is -0.545. The van der Waals surface area contributed by atoms with E-state index >= 15 is 0 Å². The highest BCUT2D eigenvalue weighted by Crippen LogP contribution is 2.24. The Hall–Kier alpha value is -2.67. The highest BCUT2D eigenvalue weighted by molar-refractivity contribution is 7.98. The monoisotopic (exact) mass is 343 g/mol. The number of halogens is 1. The number of ether oxygens (including phenoxy) is 1. The maximum atomic E-state index is 13.2. The number of rotatable bonds is 4. The molecule has 2 aromatic carbocycles. The number of nitrogens with zero attached hydrogens (tertiary/aromatic N) is 3. The van der Waals surface area contributed by atoms with Gasteiger partial charge in [0.05, 0.1) is 12.8 Å². The van der Waals surface area contributed by atoms with Crippen LogP contribution in [-0.2, 0) is 4.74 Å². The molecule has 3 rings (SSSR count). The van der Waals surface area contributed by atoms with Crippen molar-refractivity contribution in [2.24, 2.45) is 0 Å². The minimum Gasteiger partial charge on any atom is -0.463 e. The van der Waals surface area contributed by atoms with Gasteiger partial charge in [-0.05, 0) is 42.7 Å². The van der Waals surface area contributed by atoms with Crippen molar-refractivity contribution in [3.8, 4) is 17.1 Å². The average Bonchev–Trinajstić information content (AvgIpc) is 3.07. The van der Waals surface area contributed by atoms with Crippen LogP contribution in [0.25, 0.3) is 17.1 Å². The van der Waals surface area contributed by atoms with Crippen LogP contribution in [0.1, 0.15) is 10.6 Å². The van der Waals surface area contributed by atoms with Crippen LogP contribution in [0.3, 0.4) is 0 Å². The van der Waals surface area contributed by atoms with Crippen LogP contribution < -0.4 is 0 Å². The van der Waals surface area contributed by atoms with E-state index in [0.717, 1.165) is 10.5 Å². The van der Waals surface area contributed by atoms with Gasteiger partial charge in [-0.3, -0.25) is 0 Å². The van der Waals surface area contributed by atoms with E-state index in [2.05, 4.69) is 10.1 Å². The second-order valence-corrected chi connectivity index (χ2v) is 5.75. The van der Waals surface area contributed by atoms with Crippen LogP contribution in [0.2, 0.25) is 0 Å². The van der Waals surface area contributed by atoms with Crippen LogP contribution in [0, 0.1) is 5.82 Å². The maximum absolute atomic E-state index is 13.2. The Kier molecular flexibility index (Phi) is 4.61. The molecule has 0 radical (unpaired) electrons. The standard InChI is InChI=1S/C17H14FN3O2S/c1-23-17(22)15-19-16(11-3-9-14(24-2)10-4-11)21(20-15)13-7-5-12(18)6-8-13/h3-10H,1-2H3. The van der Waals surface area contributed by atoms with Crippen molar-refractivity contribution in [3.63, 3.8) is 0 Å². The van der Waals surface area contributed by atoms with Crippen LogP contribution in [-0.4, -0.2) is 34.1 Å². The number of esters is 1. The molecule has 0 fully saturated rings. The first-order valence-corrected chi connectivity index (χ1v) is 8.30. The summed E-state index contributed by atoms with van der Waals surface area (Å²) in [6.45, 7) is 0. The van der Waals surface area contributed by atoms with Crippen molar-refractivity contribution < 1.29 is 13.9 Å². The molecule has 5 nitrogen and oxygen atoms in total. The molecular formula is C17H14FN3O2S. The highest BCUT2D eigenvalue weighted by atomic mass is 32.2. The SMILES string of the molecule is COC(=O)c1nc(-c2ccc(SC)cc2)n(-c2ccc(F)cc2)n1. The van der Waals surface area contributed by atoms with Gasteiger partial charge in [0.25, 0.3) is 5.82 Å². The Morgan fingerprint density at radius 3 is 2.38 bits per heavy atom. The first kappa shape index (κ1) is 16.2. The van der Waals surface area contributed by atoms with Gasteiger partial charge in [0.15, 0.2) is 5.82 Å². The predicted octanol–water partition coefficient (Wildman–Crippen LogP) is 3.58. The molecule has 0 atom stereocenters. The lowest BCUT2D eigenvalue weighted by Crippen LogP contribution is -2.05. The van der Waals surface area contributed by atoms with E-state index < -0.39 is 5.97 Å². The van der Waals surface area contributed by atoms with Crippen molar-refractivity contribution in [1.82, 2.24) is 14.8 Å². The quantitative estimate of drug-likeness (QED) is 0.535. The van der Waals surface area contributed by atoms with E-state index in [1.165, 1.54) is 23.9 Å². The summed E-state index contributed by atoms with van der Waals surface area (Å²) >= 11 is 1.63. The molecule has 0 bridgehead atoms. The van der Waals surface area contributed by atoms with Gasteiger partial charge >= 0.3 is 5.97 Å². The van der Waals surface area contributed by atoms with Crippen molar-refractivity contribution >= 4 is 17.7 Å². The molecule has 1 heterocycles. The topological polar surface area (TPSA) is 57.0 Å². The Labute approximate surface area is 142 Å². The molecule has 7 heteroatoms. The van der Waals surface area contributed by atoms with Gasteiger partial charge in [-0.1, -0.05) is 12.1 Å². The molecule has 0 spiro atoms. The molecule has 0 saturated carbocycles. The molecule has 0 N–H and O–H groups in total. The number of aromatic nitrogens is 3. The fourth-order valence-electron chi connectivity index (χ4n) is 2.18. The summed E-state index contributed by atoms with van der Waals surface area (Å²) in [6, 6.07) is 13.5. The first-order chi connectivity index (χ1) is 11.6. The molecule has 0 amide bonds. The molecule has 0 unspecified atom stereocenters.